The number of ether oxygens (including phenoxy) is 1. The van der Waals surface area contributed by atoms with Gasteiger partial charge in [0.15, 0.2) is 0 Å². The molecule has 2 rings (SSSR count). The summed E-state index contributed by atoms with van der Waals surface area (Å²) >= 11 is 0. The summed E-state index contributed by atoms with van der Waals surface area (Å²) in [5.41, 5.74) is 2.27. The lowest BCUT2D eigenvalue weighted by Gasteiger charge is -2.21. The van der Waals surface area contributed by atoms with Crippen molar-refractivity contribution in [1.29, 1.82) is 0 Å². The number of nitrogens with one attached hydrogen (secondary N) is 1. The quantitative estimate of drug-likeness (QED) is 0.863. The molecule has 102 valence electrons. The van der Waals surface area contributed by atoms with E-state index in [9.17, 15) is 0 Å². The molecule has 1 heterocycles. The Labute approximate surface area is 115 Å². The third-order valence-corrected chi connectivity index (χ3v) is 3.09. The minimum absolute atomic E-state index is 0.186. The number of fused-ring (bicyclic) bond motifs is 1. The third kappa shape index (κ3) is 3.52. The van der Waals surface area contributed by atoms with E-state index in [1.54, 1.807) is 0 Å². The maximum absolute atomic E-state index is 5.77. The van der Waals surface area contributed by atoms with E-state index in [4.69, 9.17) is 4.74 Å². The van der Waals surface area contributed by atoms with E-state index in [-0.39, 0.29) is 12.1 Å². The van der Waals surface area contributed by atoms with Crippen LogP contribution in [-0.4, -0.2) is 24.2 Å². The second-order valence-electron chi connectivity index (χ2n) is 4.91. The van der Waals surface area contributed by atoms with Crippen molar-refractivity contribution in [3.8, 4) is 0 Å². The van der Waals surface area contributed by atoms with Gasteiger partial charge in [0.05, 0.1) is 24.3 Å². The molecule has 0 aliphatic rings. The van der Waals surface area contributed by atoms with Crippen LogP contribution in [0, 0.1) is 0 Å². The molecule has 0 fully saturated rings. The minimum atomic E-state index is 0.186. The number of likely N-dealkylation sites (N-methyl/N-ethyl adjacent to an activating group) is 1. The highest BCUT2D eigenvalue weighted by Crippen LogP contribution is 2.23. The standard InChI is InChI=1S/C16H22N2O/c1-4-17-15(11-19-12(2)3)14-9-5-7-13-8-6-10-18-16(13)14/h5-10,12,15,17H,4,11H2,1-3H3. The molecule has 1 N–H and O–H groups in total. The van der Waals surface area contributed by atoms with Crippen LogP contribution in [0.5, 0.6) is 0 Å². The Bertz CT molecular complexity index is 520. The molecular formula is C16H22N2O. The molecule has 3 nitrogen and oxygen atoms in total. The summed E-state index contributed by atoms with van der Waals surface area (Å²) in [6.07, 6.45) is 2.09. The Kier molecular flexibility index (Phi) is 4.88. The van der Waals surface area contributed by atoms with Crippen molar-refractivity contribution in [1.82, 2.24) is 10.3 Å². The summed E-state index contributed by atoms with van der Waals surface area (Å²) in [7, 11) is 0. The topological polar surface area (TPSA) is 34.1 Å². The fourth-order valence-electron chi connectivity index (χ4n) is 2.20. The Balaban J connectivity index is 2.32. The van der Waals surface area contributed by atoms with E-state index >= 15 is 0 Å². The van der Waals surface area contributed by atoms with Crippen LogP contribution in [0.3, 0.4) is 0 Å². The average Bonchev–Trinajstić information content (AvgIpc) is 2.43. The van der Waals surface area contributed by atoms with Gasteiger partial charge in [-0.05, 0) is 32.0 Å². The van der Waals surface area contributed by atoms with Gasteiger partial charge in [-0.25, -0.2) is 0 Å². The number of rotatable bonds is 6. The second-order valence-corrected chi connectivity index (χ2v) is 4.91. The maximum atomic E-state index is 5.77. The fraction of sp³-hybridized carbons (Fsp3) is 0.438. The molecule has 3 heteroatoms. The number of hydrogen-bond acceptors (Lipinski definition) is 3. The van der Waals surface area contributed by atoms with E-state index in [1.807, 2.05) is 12.3 Å². The second kappa shape index (κ2) is 6.64. The Hall–Kier alpha value is -1.45. The highest BCUT2D eigenvalue weighted by molar-refractivity contribution is 5.82. The first-order chi connectivity index (χ1) is 9.22. The lowest BCUT2D eigenvalue weighted by molar-refractivity contribution is 0.0616. The minimum Gasteiger partial charge on any atom is -0.377 e. The molecular weight excluding hydrogens is 236 g/mol. The Morgan fingerprint density at radius 1 is 1.21 bits per heavy atom. The summed E-state index contributed by atoms with van der Waals surface area (Å²) in [4.78, 5) is 4.52. The molecule has 1 aromatic heterocycles. The first-order valence-corrected chi connectivity index (χ1v) is 6.91. The van der Waals surface area contributed by atoms with Crippen molar-refractivity contribution in [2.24, 2.45) is 0 Å². The van der Waals surface area contributed by atoms with Crippen LogP contribution in [0.25, 0.3) is 10.9 Å². The van der Waals surface area contributed by atoms with Gasteiger partial charge in [0.1, 0.15) is 0 Å². The van der Waals surface area contributed by atoms with Gasteiger partial charge in [0.25, 0.3) is 0 Å². The van der Waals surface area contributed by atoms with Crippen molar-refractivity contribution in [3.05, 3.63) is 42.1 Å². The molecule has 0 aliphatic heterocycles. The van der Waals surface area contributed by atoms with E-state index in [1.165, 1.54) is 10.9 Å². The van der Waals surface area contributed by atoms with E-state index in [0.717, 1.165) is 12.1 Å². The van der Waals surface area contributed by atoms with Crippen LogP contribution in [0.4, 0.5) is 0 Å². The zero-order valence-corrected chi connectivity index (χ0v) is 11.9. The zero-order chi connectivity index (χ0) is 13.7. The normalized spacial score (nSPS) is 13.1. The summed E-state index contributed by atoms with van der Waals surface area (Å²) in [6.45, 7) is 7.81. The number of aromatic nitrogens is 1. The molecule has 0 saturated heterocycles. The van der Waals surface area contributed by atoms with Crippen LogP contribution < -0.4 is 5.32 Å². The molecule has 19 heavy (non-hydrogen) atoms. The molecule has 0 bridgehead atoms. The van der Waals surface area contributed by atoms with Crippen LogP contribution in [0.2, 0.25) is 0 Å². The predicted molar refractivity (Wildman–Crippen MR) is 79.2 cm³/mol. The smallest absolute Gasteiger partial charge is 0.0750 e. The molecule has 1 atom stereocenters. The van der Waals surface area contributed by atoms with Crippen molar-refractivity contribution in [3.63, 3.8) is 0 Å². The summed E-state index contributed by atoms with van der Waals surface area (Å²) in [6, 6.07) is 10.6. The molecule has 2 aromatic rings. The first-order valence-electron chi connectivity index (χ1n) is 6.91. The highest BCUT2D eigenvalue weighted by atomic mass is 16.5. The highest BCUT2D eigenvalue weighted by Gasteiger charge is 2.14. The third-order valence-electron chi connectivity index (χ3n) is 3.09. The summed E-state index contributed by atoms with van der Waals surface area (Å²) in [5, 5.41) is 4.65. The molecule has 0 aliphatic carbocycles. The molecule has 0 saturated carbocycles. The zero-order valence-electron chi connectivity index (χ0n) is 11.9. The van der Waals surface area contributed by atoms with Crippen LogP contribution >= 0.6 is 0 Å². The fourth-order valence-corrected chi connectivity index (χ4v) is 2.20. The van der Waals surface area contributed by atoms with Gasteiger partial charge in [-0.3, -0.25) is 4.98 Å². The summed E-state index contributed by atoms with van der Waals surface area (Å²) in [5.74, 6) is 0. The van der Waals surface area contributed by atoms with Crippen molar-refractivity contribution in [2.75, 3.05) is 13.2 Å². The van der Waals surface area contributed by atoms with Crippen LogP contribution in [0.1, 0.15) is 32.4 Å². The molecule has 1 aromatic carbocycles. The molecule has 0 radical (unpaired) electrons. The van der Waals surface area contributed by atoms with Crippen molar-refractivity contribution >= 4 is 10.9 Å². The number of benzene rings is 1. The van der Waals surface area contributed by atoms with Gasteiger partial charge in [-0.1, -0.05) is 31.2 Å². The van der Waals surface area contributed by atoms with Crippen LogP contribution in [0.15, 0.2) is 36.5 Å². The lowest BCUT2D eigenvalue weighted by atomic mass is 10.0. The van der Waals surface area contributed by atoms with Crippen molar-refractivity contribution in [2.45, 2.75) is 32.9 Å². The molecule has 0 amide bonds. The predicted octanol–water partition coefficient (Wildman–Crippen LogP) is 3.31. The van der Waals surface area contributed by atoms with Gasteiger partial charge < -0.3 is 10.1 Å². The van der Waals surface area contributed by atoms with Gasteiger partial charge in [-0.2, -0.15) is 0 Å². The van der Waals surface area contributed by atoms with Crippen LogP contribution in [-0.2, 0) is 4.74 Å². The van der Waals surface area contributed by atoms with E-state index in [0.29, 0.717) is 6.61 Å². The maximum Gasteiger partial charge on any atom is 0.0750 e. The van der Waals surface area contributed by atoms with Gasteiger partial charge in [0.2, 0.25) is 0 Å². The number of para-hydroxylation sites is 1. The molecule has 1 unspecified atom stereocenters. The van der Waals surface area contributed by atoms with Gasteiger partial charge >= 0.3 is 0 Å². The largest absolute Gasteiger partial charge is 0.377 e. The lowest BCUT2D eigenvalue weighted by Crippen LogP contribution is -2.27. The SMILES string of the molecule is CCNC(COC(C)C)c1cccc2cccnc12. The monoisotopic (exact) mass is 258 g/mol. The van der Waals surface area contributed by atoms with Crippen molar-refractivity contribution < 1.29 is 4.74 Å². The van der Waals surface area contributed by atoms with Gasteiger partial charge in [-0.15, -0.1) is 0 Å². The Morgan fingerprint density at radius 3 is 2.74 bits per heavy atom. The number of nitrogens with zero attached hydrogens (tertiary/aromatic N) is 1. The first kappa shape index (κ1) is 14.0. The summed E-state index contributed by atoms with van der Waals surface area (Å²) < 4.78 is 5.77. The molecule has 0 spiro atoms. The average molecular weight is 258 g/mol. The number of pyridine rings is 1. The Morgan fingerprint density at radius 2 is 2.00 bits per heavy atom. The number of hydrogen-bond donors (Lipinski definition) is 1. The van der Waals surface area contributed by atoms with E-state index in [2.05, 4.69) is 55.3 Å². The van der Waals surface area contributed by atoms with E-state index < -0.39 is 0 Å². The van der Waals surface area contributed by atoms with Gasteiger partial charge in [0, 0.05) is 11.6 Å².